The van der Waals surface area contributed by atoms with E-state index >= 15 is 0 Å². The zero-order valence-electron chi connectivity index (χ0n) is 19.0. The Morgan fingerprint density at radius 1 is 1.03 bits per heavy atom. The molecule has 0 aromatic heterocycles. The number of halogens is 2. The lowest BCUT2D eigenvalue weighted by Crippen LogP contribution is -2.54. The van der Waals surface area contributed by atoms with Crippen LogP contribution in [-0.4, -0.2) is 47.7 Å². The van der Waals surface area contributed by atoms with Crippen LogP contribution in [0.25, 0.3) is 11.1 Å². The van der Waals surface area contributed by atoms with Crippen molar-refractivity contribution >= 4 is 18.0 Å². The normalized spacial score (nSPS) is 13.7. The maximum absolute atomic E-state index is 13.1. The second-order valence-corrected chi connectivity index (χ2v) is 8.92. The van der Waals surface area contributed by atoms with Gasteiger partial charge >= 0.3 is 12.1 Å². The molecule has 1 aliphatic rings. The Balaban J connectivity index is 1.64. The Kier molecular flexibility index (Phi) is 7.86. The summed E-state index contributed by atoms with van der Waals surface area (Å²) < 4.78 is 31.5. The number of nitrogens with one attached hydrogen (secondary N) is 2. The third-order valence-corrected chi connectivity index (χ3v) is 5.79. The molecule has 2 aromatic carbocycles. The van der Waals surface area contributed by atoms with E-state index in [-0.39, 0.29) is 25.4 Å². The average molecular weight is 475 g/mol. The summed E-state index contributed by atoms with van der Waals surface area (Å²) in [4.78, 5) is 35.9. The molecule has 2 amide bonds. The molecule has 1 atom stereocenters. The number of hydrogen-bond donors (Lipinski definition) is 3. The highest BCUT2D eigenvalue weighted by Gasteiger charge is 2.32. The largest absolute Gasteiger partial charge is 0.481 e. The van der Waals surface area contributed by atoms with E-state index in [9.17, 15) is 23.2 Å². The van der Waals surface area contributed by atoms with Crippen LogP contribution in [0.15, 0.2) is 48.5 Å². The number of benzene rings is 2. The second-order valence-electron chi connectivity index (χ2n) is 8.92. The summed E-state index contributed by atoms with van der Waals surface area (Å²) in [5, 5.41) is 13.6. The van der Waals surface area contributed by atoms with Gasteiger partial charge in [-0.05, 0) is 42.5 Å². The predicted octanol–water partition coefficient (Wildman–Crippen LogP) is 4.31. The van der Waals surface area contributed by atoms with Gasteiger partial charge in [0, 0.05) is 24.3 Å². The molecule has 9 heteroatoms. The quantitative estimate of drug-likeness (QED) is 0.476. The summed E-state index contributed by atoms with van der Waals surface area (Å²) in [5.74, 6) is -2.08. The summed E-state index contributed by atoms with van der Waals surface area (Å²) >= 11 is 0. The minimum atomic E-state index is -2.84. The van der Waals surface area contributed by atoms with Gasteiger partial charge in [-0.15, -0.1) is 0 Å². The van der Waals surface area contributed by atoms with Gasteiger partial charge in [-0.25, -0.2) is 13.6 Å². The predicted molar refractivity (Wildman–Crippen MR) is 122 cm³/mol. The zero-order valence-corrected chi connectivity index (χ0v) is 19.0. The van der Waals surface area contributed by atoms with Gasteiger partial charge in [-0.2, -0.15) is 0 Å². The van der Waals surface area contributed by atoms with E-state index < -0.39 is 42.4 Å². The fraction of sp³-hybridized carbons (Fsp3) is 0.400. The standard InChI is InChI=1S/C25H28F2N2O5/c1-25(2,12-11-22(30)31)29-23(32)20(13-21(26)27)28-24(33)34-14-19-17-9-5-3-7-15(17)16-8-4-6-10-18(16)19/h3-10,19-21H,11-14H2,1-2H3,(H,28,33)(H,29,32)(H,30,31). The molecule has 0 aliphatic heterocycles. The lowest BCUT2D eigenvalue weighted by atomic mass is 9.97. The third kappa shape index (κ3) is 6.30. The summed E-state index contributed by atoms with van der Waals surface area (Å²) in [7, 11) is 0. The number of rotatable bonds is 10. The van der Waals surface area contributed by atoms with E-state index in [1.165, 1.54) is 0 Å². The number of fused-ring (bicyclic) bond motifs is 3. The van der Waals surface area contributed by atoms with Crippen molar-refractivity contribution in [3.63, 3.8) is 0 Å². The van der Waals surface area contributed by atoms with Crippen molar-refractivity contribution in [2.75, 3.05) is 6.61 Å². The first-order chi connectivity index (χ1) is 16.1. The second kappa shape index (κ2) is 10.6. The number of carboxylic acid groups (broad SMARTS) is 1. The highest BCUT2D eigenvalue weighted by Crippen LogP contribution is 2.44. The van der Waals surface area contributed by atoms with E-state index in [1.807, 2.05) is 48.5 Å². The van der Waals surface area contributed by atoms with Crippen LogP contribution in [0.3, 0.4) is 0 Å². The SMILES string of the molecule is CC(C)(CCC(=O)O)NC(=O)C(CC(F)F)NC(=O)OCC1c2ccccc2-c2ccccc21. The Morgan fingerprint density at radius 2 is 1.59 bits per heavy atom. The molecule has 0 saturated heterocycles. The number of carboxylic acids is 1. The monoisotopic (exact) mass is 474 g/mol. The van der Waals surface area contributed by atoms with Crippen LogP contribution >= 0.6 is 0 Å². The van der Waals surface area contributed by atoms with Gasteiger partial charge in [-0.1, -0.05) is 48.5 Å². The van der Waals surface area contributed by atoms with Crippen molar-refractivity contribution in [1.29, 1.82) is 0 Å². The van der Waals surface area contributed by atoms with Crippen LogP contribution in [0.2, 0.25) is 0 Å². The topological polar surface area (TPSA) is 105 Å². The summed E-state index contributed by atoms with van der Waals surface area (Å²) in [6, 6.07) is 14.0. The van der Waals surface area contributed by atoms with E-state index in [4.69, 9.17) is 9.84 Å². The zero-order chi connectivity index (χ0) is 24.9. The lowest BCUT2D eigenvalue weighted by Gasteiger charge is -2.28. The van der Waals surface area contributed by atoms with E-state index in [0.29, 0.717) is 0 Å². The molecule has 1 aliphatic carbocycles. The molecule has 0 spiro atoms. The van der Waals surface area contributed by atoms with Crippen molar-refractivity contribution in [2.45, 2.75) is 57.0 Å². The van der Waals surface area contributed by atoms with Gasteiger partial charge in [0.2, 0.25) is 12.3 Å². The van der Waals surface area contributed by atoms with E-state index in [1.54, 1.807) is 13.8 Å². The van der Waals surface area contributed by atoms with E-state index in [0.717, 1.165) is 22.3 Å². The number of carbonyl (C=O) groups is 3. The van der Waals surface area contributed by atoms with Crippen molar-refractivity contribution in [1.82, 2.24) is 10.6 Å². The first-order valence-electron chi connectivity index (χ1n) is 11.0. The molecule has 182 valence electrons. The molecule has 2 aromatic rings. The number of alkyl halides is 2. The van der Waals surface area contributed by atoms with Crippen molar-refractivity contribution in [3.05, 3.63) is 59.7 Å². The fourth-order valence-electron chi connectivity index (χ4n) is 4.09. The maximum Gasteiger partial charge on any atom is 0.407 e. The van der Waals surface area contributed by atoms with Gasteiger partial charge in [-0.3, -0.25) is 9.59 Å². The van der Waals surface area contributed by atoms with Gasteiger partial charge in [0.25, 0.3) is 0 Å². The molecule has 0 heterocycles. The Bertz CT molecular complexity index is 1010. The number of carbonyl (C=O) groups excluding carboxylic acids is 2. The van der Waals surface area contributed by atoms with Gasteiger partial charge in [0.1, 0.15) is 12.6 Å². The smallest absolute Gasteiger partial charge is 0.407 e. The van der Waals surface area contributed by atoms with Crippen molar-refractivity contribution in [3.8, 4) is 11.1 Å². The van der Waals surface area contributed by atoms with Crippen LogP contribution in [-0.2, 0) is 14.3 Å². The van der Waals surface area contributed by atoms with Crippen LogP contribution in [0.4, 0.5) is 13.6 Å². The molecular formula is C25H28F2N2O5. The minimum Gasteiger partial charge on any atom is -0.481 e. The molecule has 1 unspecified atom stereocenters. The molecule has 3 N–H and O–H groups in total. The Hall–Kier alpha value is -3.49. The average Bonchev–Trinajstić information content (AvgIpc) is 3.09. The van der Waals surface area contributed by atoms with Crippen molar-refractivity contribution in [2.24, 2.45) is 0 Å². The molecule has 0 fully saturated rings. The molecule has 3 rings (SSSR count). The van der Waals surface area contributed by atoms with Crippen LogP contribution < -0.4 is 10.6 Å². The van der Waals surface area contributed by atoms with Gasteiger partial charge in [0.05, 0.1) is 0 Å². The molecule has 34 heavy (non-hydrogen) atoms. The molecule has 0 bridgehead atoms. The number of ether oxygens (including phenoxy) is 1. The first-order valence-corrected chi connectivity index (χ1v) is 11.0. The number of hydrogen-bond acceptors (Lipinski definition) is 4. The highest BCUT2D eigenvalue weighted by molar-refractivity contribution is 5.86. The number of alkyl carbamates (subject to hydrolysis) is 1. The molecule has 7 nitrogen and oxygen atoms in total. The maximum atomic E-state index is 13.1. The Labute approximate surface area is 196 Å². The Morgan fingerprint density at radius 3 is 2.12 bits per heavy atom. The number of aliphatic carboxylic acids is 1. The van der Waals surface area contributed by atoms with Gasteiger partial charge < -0.3 is 20.5 Å². The van der Waals surface area contributed by atoms with E-state index in [2.05, 4.69) is 10.6 Å². The molecular weight excluding hydrogens is 446 g/mol. The van der Waals surface area contributed by atoms with Crippen LogP contribution in [0.5, 0.6) is 0 Å². The highest BCUT2D eigenvalue weighted by atomic mass is 19.3. The summed E-state index contributed by atoms with van der Waals surface area (Å²) in [5.41, 5.74) is 3.13. The van der Waals surface area contributed by atoms with Crippen LogP contribution in [0.1, 0.15) is 50.2 Å². The first kappa shape index (κ1) is 25.1. The lowest BCUT2D eigenvalue weighted by molar-refractivity contribution is -0.138. The molecule has 0 radical (unpaired) electrons. The van der Waals surface area contributed by atoms with Crippen molar-refractivity contribution < 1.29 is 33.0 Å². The summed E-state index contributed by atoms with van der Waals surface area (Å²) in [6.07, 6.45) is -4.82. The number of amides is 2. The summed E-state index contributed by atoms with van der Waals surface area (Å²) in [6.45, 7) is 3.15. The fourth-order valence-corrected chi connectivity index (χ4v) is 4.09. The molecule has 0 saturated carbocycles. The third-order valence-electron chi connectivity index (χ3n) is 5.79. The minimum absolute atomic E-state index is 0.0209. The van der Waals surface area contributed by atoms with Gasteiger partial charge in [0.15, 0.2) is 0 Å². The van der Waals surface area contributed by atoms with Crippen LogP contribution in [0, 0.1) is 0 Å².